The van der Waals surface area contributed by atoms with Gasteiger partial charge < -0.3 is 4.57 Å². The number of halogens is 3. The minimum atomic E-state index is -4.66. The zero-order valence-electron chi connectivity index (χ0n) is 48.3. The van der Waals surface area contributed by atoms with Crippen LogP contribution in [-0.2, 0) is 6.18 Å². The fraction of sp³-hybridized carbons (Fsp3) is 0.0256. The van der Waals surface area contributed by atoms with Crippen LogP contribution >= 0.6 is 0 Å². The molecule has 0 saturated heterocycles. The molecule has 428 valence electrons. The van der Waals surface area contributed by atoms with Crippen LogP contribution in [0.5, 0.6) is 0 Å². The minimum absolute atomic E-state index is 0.334. The van der Waals surface area contributed by atoms with Gasteiger partial charge in [0.25, 0.3) is 0 Å². The first-order valence-electron chi connectivity index (χ1n) is 29.4. The Labute approximate surface area is 516 Å². The van der Waals surface area contributed by atoms with Crippen molar-refractivity contribution < 1.29 is 13.2 Å². The second-order valence-corrected chi connectivity index (χ2v) is 21.9. The first-order valence-corrected chi connectivity index (χ1v) is 29.4. The Hall–Kier alpha value is -11.9. The molecule has 4 aromatic heterocycles. The Kier molecular flexibility index (Phi) is 14.0. The topological polar surface area (TPSA) is 108 Å². The number of aryl methyl sites for hydroxylation is 1. The second kappa shape index (κ2) is 23.1. The lowest BCUT2D eigenvalue weighted by molar-refractivity contribution is -0.137. The van der Waals surface area contributed by atoms with Crippen molar-refractivity contribution >= 4 is 21.8 Å². The molecule has 12 heteroatoms. The molecule has 0 aliphatic carbocycles. The summed E-state index contributed by atoms with van der Waals surface area (Å²) in [5.74, 6) is 3.30. The van der Waals surface area contributed by atoms with Crippen molar-refractivity contribution in [2.24, 2.45) is 0 Å². The average Bonchev–Trinajstić information content (AvgIpc) is 1.53. The van der Waals surface area contributed by atoms with Gasteiger partial charge in [0.2, 0.25) is 0 Å². The lowest BCUT2D eigenvalue weighted by atomic mass is 9.91. The summed E-state index contributed by atoms with van der Waals surface area (Å²) in [5, 5.41) is 1.60. The molecule has 0 spiro atoms. The average molecular weight is 1170 g/mol. The Morgan fingerprint density at radius 2 is 0.600 bits per heavy atom. The van der Waals surface area contributed by atoms with Gasteiger partial charge in [-0.05, 0) is 84.8 Å². The zero-order valence-corrected chi connectivity index (χ0v) is 48.3. The van der Waals surface area contributed by atoms with Gasteiger partial charge in [0.05, 0.1) is 33.7 Å². The SMILES string of the molecule is Cc1cccc(-c2cc(-c3nc(-c4ccccc4)cc(-c4ccccc4)n3)cc(-c3cccc(C(F)(F)F)c3)c2-n2c3ccc(-c4nc(-c5ccccc5)nc(-c5ccccc5)n4)cc3c3cc(-c4nc(-c5ccccc5)nc(-c5ccccc5)n4)ccc32)c1. The fourth-order valence-corrected chi connectivity index (χ4v) is 11.6. The highest BCUT2D eigenvalue weighted by atomic mass is 19.4. The van der Waals surface area contributed by atoms with Crippen LogP contribution in [0, 0.1) is 6.92 Å². The van der Waals surface area contributed by atoms with Gasteiger partial charge in [-0.2, -0.15) is 13.2 Å². The first kappa shape index (κ1) is 54.7. The number of hydrogen-bond acceptors (Lipinski definition) is 8. The minimum Gasteiger partial charge on any atom is -0.308 e. The van der Waals surface area contributed by atoms with Crippen LogP contribution in [0.2, 0.25) is 0 Å². The van der Waals surface area contributed by atoms with E-state index in [1.165, 1.54) is 12.1 Å². The molecule has 0 atom stereocenters. The van der Waals surface area contributed by atoms with Crippen LogP contribution in [0.1, 0.15) is 11.1 Å². The van der Waals surface area contributed by atoms with Gasteiger partial charge in [0, 0.05) is 72.0 Å². The van der Waals surface area contributed by atoms with Gasteiger partial charge in [0.1, 0.15) is 0 Å². The summed E-state index contributed by atoms with van der Waals surface area (Å²) >= 11 is 0. The van der Waals surface area contributed by atoms with Gasteiger partial charge in [-0.25, -0.2) is 39.9 Å². The van der Waals surface area contributed by atoms with Gasteiger partial charge in [-0.3, -0.25) is 0 Å². The van der Waals surface area contributed by atoms with E-state index in [0.717, 1.165) is 77.9 Å². The number of aromatic nitrogens is 9. The fourth-order valence-electron chi connectivity index (χ4n) is 11.6. The van der Waals surface area contributed by atoms with E-state index >= 15 is 13.2 Å². The van der Waals surface area contributed by atoms with Crippen molar-refractivity contribution in [3.63, 3.8) is 0 Å². The molecule has 15 aromatic rings. The van der Waals surface area contributed by atoms with Crippen LogP contribution in [0.3, 0.4) is 0 Å². The van der Waals surface area contributed by atoms with Crippen LogP contribution in [0.4, 0.5) is 13.2 Å². The predicted octanol–water partition coefficient (Wildman–Crippen LogP) is 19.6. The maximum atomic E-state index is 15.2. The lowest BCUT2D eigenvalue weighted by Crippen LogP contribution is -2.06. The maximum Gasteiger partial charge on any atom is 0.416 e. The zero-order chi connectivity index (χ0) is 60.7. The summed E-state index contributed by atoms with van der Waals surface area (Å²) in [6, 6.07) is 91.1. The number of fused-ring (bicyclic) bond motifs is 3. The van der Waals surface area contributed by atoms with E-state index in [9.17, 15) is 0 Å². The van der Waals surface area contributed by atoms with E-state index in [2.05, 4.69) is 28.8 Å². The van der Waals surface area contributed by atoms with Crippen molar-refractivity contribution in [1.82, 2.24) is 44.4 Å². The quantitative estimate of drug-likeness (QED) is 0.119. The van der Waals surface area contributed by atoms with Gasteiger partial charge in [-0.15, -0.1) is 0 Å². The number of nitrogens with zero attached hydrogens (tertiary/aromatic N) is 9. The standard InChI is InChI=1S/C78H50F3N9/c1-49-22-20-35-56(42-49)62-46-60(77-82-66(50-23-8-2-9-24-50)48-67(83-77)51-25-10-3-11-26-51)47-63(57-36-21-37-61(43-57)78(79,80)81)70(62)90-68-40-38-58(75-86-71(52-27-12-4-13-28-52)84-72(87-75)53-29-14-5-15-30-53)44-64(68)65-45-59(39-41-69(65)90)76-88-73(54-31-16-6-17-32-54)85-74(89-76)55-33-18-7-19-34-55/h2-48H,1H3. The van der Waals surface area contributed by atoms with Crippen molar-refractivity contribution in [1.29, 1.82) is 0 Å². The van der Waals surface area contributed by atoms with E-state index in [-0.39, 0.29) is 0 Å². The molecule has 90 heavy (non-hydrogen) atoms. The Balaban J connectivity index is 1.04. The Morgan fingerprint density at radius 1 is 0.267 bits per heavy atom. The molecule has 15 rings (SSSR count). The normalized spacial score (nSPS) is 11.6. The molecule has 0 amide bonds. The van der Waals surface area contributed by atoms with E-state index in [0.29, 0.717) is 85.7 Å². The molecular weight excluding hydrogens is 1120 g/mol. The molecule has 9 nitrogen and oxygen atoms in total. The largest absolute Gasteiger partial charge is 0.416 e. The number of rotatable bonds is 12. The molecule has 0 fully saturated rings. The predicted molar refractivity (Wildman–Crippen MR) is 353 cm³/mol. The van der Waals surface area contributed by atoms with Crippen LogP contribution in [-0.4, -0.2) is 44.4 Å². The summed E-state index contributed by atoms with van der Waals surface area (Å²) in [5.41, 5.74) is 13.2. The summed E-state index contributed by atoms with van der Waals surface area (Å²) < 4.78 is 47.8. The van der Waals surface area contributed by atoms with Crippen LogP contribution in [0.15, 0.2) is 285 Å². The molecule has 4 heterocycles. The van der Waals surface area contributed by atoms with Crippen molar-refractivity contribution in [3.8, 4) is 130 Å². The van der Waals surface area contributed by atoms with E-state index in [4.69, 9.17) is 39.9 Å². The smallest absolute Gasteiger partial charge is 0.308 e. The molecule has 0 bridgehead atoms. The second-order valence-electron chi connectivity index (χ2n) is 21.9. The van der Waals surface area contributed by atoms with Crippen molar-refractivity contribution in [2.45, 2.75) is 13.1 Å². The third-order valence-corrected chi connectivity index (χ3v) is 16.0. The van der Waals surface area contributed by atoms with Crippen LogP contribution in [0.25, 0.3) is 152 Å². The summed E-state index contributed by atoms with van der Waals surface area (Å²) in [4.78, 5) is 41.3. The molecule has 0 saturated carbocycles. The molecule has 0 aliphatic heterocycles. The number of hydrogen-bond donors (Lipinski definition) is 0. The monoisotopic (exact) mass is 1170 g/mol. The third-order valence-electron chi connectivity index (χ3n) is 16.0. The highest BCUT2D eigenvalue weighted by Crippen LogP contribution is 2.46. The molecule has 0 aliphatic rings. The Morgan fingerprint density at radius 3 is 0.978 bits per heavy atom. The first-order chi connectivity index (χ1) is 44.1. The molecule has 0 N–H and O–H groups in total. The summed E-state index contributed by atoms with van der Waals surface area (Å²) in [6.45, 7) is 2.03. The van der Waals surface area contributed by atoms with E-state index in [1.807, 2.05) is 244 Å². The summed E-state index contributed by atoms with van der Waals surface area (Å²) in [6.07, 6.45) is -4.66. The van der Waals surface area contributed by atoms with Crippen molar-refractivity contribution in [2.75, 3.05) is 0 Å². The van der Waals surface area contributed by atoms with Crippen molar-refractivity contribution in [3.05, 3.63) is 296 Å². The highest BCUT2D eigenvalue weighted by Gasteiger charge is 2.32. The lowest BCUT2D eigenvalue weighted by Gasteiger charge is -2.22. The van der Waals surface area contributed by atoms with Crippen LogP contribution < -0.4 is 0 Å². The molecule has 0 unspecified atom stereocenters. The number of benzene rings is 11. The Bertz CT molecular complexity index is 4810. The maximum absolute atomic E-state index is 15.2. The van der Waals surface area contributed by atoms with Gasteiger partial charge in [0.15, 0.2) is 40.8 Å². The third kappa shape index (κ3) is 10.7. The highest BCUT2D eigenvalue weighted by molar-refractivity contribution is 6.13. The van der Waals surface area contributed by atoms with E-state index in [1.54, 1.807) is 6.07 Å². The van der Waals surface area contributed by atoms with Gasteiger partial charge >= 0.3 is 6.18 Å². The molecule has 11 aromatic carbocycles. The molecular formula is C78H50F3N9. The molecule has 0 radical (unpaired) electrons. The number of alkyl halides is 3. The summed E-state index contributed by atoms with van der Waals surface area (Å²) in [7, 11) is 0. The van der Waals surface area contributed by atoms with E-state index < -0.39 is 11.7 Å². The van der Waals surface area contributed by atoms with Gasteiger partial charge in [-0.1, -0.05) is 224 Å².